The number of carbonyl (C=O) groups is 4. The molecule has 0 aromatic rings. The van der Waals surface area contributed by atoms with Crippen LogP contribution in [0.1, 0.15) is 439 Å². The highest BCUT2D eigenvalue weighted by molar-refractivity contribution is 7.47. The van der Waals surface area contributed by atoms with E-state index in [-0.39, 0.29) is 25.7 Å². The standard InChI is InChI=1S/C85H162O17P2/c1-5-9-13-17-21-25-29-33-37-39-43-46-50-54-58-62-66-70-83(88)96-76-81(102-85(90)72-68-64-60-56-52-48-44-40-38-34-30-26-22-18-14-10-6-2)78-100-104(93,94)98-74-79(86)73-97-103(91,92)99-77-80(101-84(89)71-67-63-59-55-51-47-42-36-32-28-24-20-16-12-8-4)75-95-82(87)69-65-61-57-53-49-45-41-35-31-27-23-19-15-11-7-3/h35-36,41-42,79-81,86H,5-34,37-40,43-78H2,1-4H3,(H,91,92)(H,93,94)/b41-35-,42-36-/t79-,80-,81-/m1/s1. The molecule has 17 nitrogen and oxygen atoms in total. The number of allylic oxidation sites excluding steroid dienone is 4. The molecule has 0 fully saturated rings. The minimum Gasteiger partial charge on any atom is -0.462 e. The number of unbranched alkanes of at least 4 members (excludes halogenated alkanes) is 54. The number of ether oxygens (including phenoxy) is 4. The van der Waals surface area contributed by atoms with Gasteiger partial charge in [0.2, 0.25) is 0 Å². The SMILES string of the molecule is CCCCCCCC/C=C\CCCCCCCC(=O)OC[C@H](COP(=O)(O)OC[C@@H](O)COP(=O)(O)OC[C@@H](COC(=O)CCCCCCCCCCCCCCCCCCC)OC(=O)CCCCCCCCCCCCCCCCCCC)OC(=O)CCCCCCC/C=C\CCCCCCCC. The molecule has 2 unspecified atom stereocenters. The first kappa shape index (κ1) is 102. The van der Waals surface area contributed by atoms with Crippen LogP contribution >= 0.6 is 15.6 Å². The van der Waals surface area contributed by atoms with Gasteiger partial charge >= 0.3 is 39.5 Å². The molecule has 0 aromatic carbocycles. The average Bonchev–Trinajstić information content (AvgIpc) is 0.926. The van der Waals surface area contributed by atoms with E-state index in [2.05, 4.69) is 52.0 Å². The van der Waals surface area contributed by atoms with Gasteiger partial charge in [-0.1, -0.05) is 360 Å². The summed E-state index contributed by atoms with van der Waals surface area (Å²) in [5.41, 5.74) is 0. The fraction of sp³-hybridized carbons (Fsp3) is 0.906. The number of rotatable bonds is 84. The maximum Gasteiger partial charge on any atom is 0.472 e. The van der Waals surface area contributed by atoms with Gasteiger partial charge in [-0.2, -0.15) is 0 Å². The molecule has 0 bridgehead atoms. The Balaban J connectivity index is 5.30. The minimum atomic E-state index is -4.97. The Morgan fingerprint density at radius 1 is 0.260 bits per heavy atom. The smallest absolute Gasteiger partial charge is 0.462 e. The van der Waals surface area contributed by atoms with E-state index in [0.29, 0.717) is 25.7 Å². The first-order valence-electron chi connectivity index (χ1n) is 43.6. The number of phosphoric acid groups is 2. The Morgan fingerprint density at radius 3 is 0.663 bits per heavy atom. The first-order chi connectivity index (χ1) is 50.7. The quantitative estimate of drug-likeness (QED) is 0.0169. The van der Waals surface area contributed by atoms with Crippen molar-refractivity contribution in [3.05, 3.63) is 24.3 Å². The number of aliphatic hydroxyl groups excluding tert-OH is 1. The van der Waals surface area contributed by atoms with E-state index in [1.54, 1.807) is 0 Å². The molecular weight excluding hydrogens is 1350 g/mol. The zero-order chi connectivity index (χ0) is 76.0. The second kappa shape index (κ2) is 78.7. The molecule has 0 aliphatic carbocycles. The number of esters is 4. The van der Waals surface area contributed by atoms with Crippen LogP contribution in [0.2, 0.25) is 0 Å². The summed E-state index contributed by atoms with van der Waals surface area (Å²) in [6, 6.07) is 0. The molecule has 5 atom stereocenters. The van der Waals surface area contributed by atoms with E-state index >= 15 is 0 Å². The van der Waals surface area contributed by atoms with Crippen LogP contribution in [-0.4, -0.2) is 96.7 Å². The molecule has 19 heteroatoms. The maximum absolute atomic E-state index is 13.1. The van der Waals surface area contributed by atoms with Gasteiger partial charge in [0.25, 0.3) is 0 Å². The highest BCUT2D eigenvalue weighted by atomic mass is 31.2. The van der Waals surface area contributed by atoms with Crippen LogP contribution in [0.25, 0.3) is 0 Å². The van der Waals surface area contributed by atoms with Crippen molar-refractivity contribution >= 4 is 39.5 Å². The molecule has 0 aliphatic rings. The van der Waals surface area contributed by atoms with Gasteiger partial charge in [0, 0.05) is 25.7 Å². The van der Waals surface area contributed by atoms with Gasteiger partial charge in [-0.05, 0) is 77.0 Å². The lowest BCUT2D eigenvalue weighted by atomic mass is 10.0. The molecular formula is C85H162O17P2. The Hall–Kier alpha value is -2.46. The van der Waals surface area contributed by atoms with E-state index in [1.807, 2.05) is 0 Å². The molecule has 0 heterocycles. The fourth-order valence-electron chi connectivity index (χ4n) is 12.7. The predicted octanol–water partition coefficient (Wildman–Crippen LogP) is 25.7. The van der Waals surface area contributed by atoms with Crippen LogP contribution in [-0.2, 0) is 65.4 Å². The van der Waals surface area contributed by atoms with Gasteiger partial charge in [0.1, 0.15) is 19.3 Å². The lowest BCUT2D eigenvalue weighted by Crippen LogP contribution is -2.30. The van der Waals surface area contributed by atoms with Crippen molar-refractivity contribution in [2.24, 2.45) is 0 Å². The molecule has 104 heavy (non-hydrogen) atoms. The molecule has 0 aromatic heterocycles. The molecule has 0 saturated carbocycles. The van der Waals surface area contributed by atoms with E-state index in [4.69, 9.17) is 37.0 Å². The summed E-state index contributed by atoms with van der Waals surface area (Å²) in [6.07, 6.45) is 75.6. The fourth-order valence-corrected chi connectivity index (χ4v) is 14.3. The normalized spacial score (nSPS) is 13.9. The Morgan fingerprint density at radius 2 is 0.442 bits per heavy atom. The molecule has 614 valence electrons. The Bertz CT molecular complexity index is 2060. The lowest BCUT2D eigenvalue weighted by Gasteiger charge is -2.21. The minimum absolute atomic E-state index is 0.0912. The number of carbonyl (C=O) groups excluding carboxylic acids is 4. The number of hydrogen-bond acceptors (Lipinski definition) is 15. The van der Waals surface area contributed by atoms with E-state index in [1.165, 1.54) is 238 Å². The second-order valence-electron chi connectivity index (χ2n) is 29.8. The first-order valence-corrected chi connectivity index (χ1v) is 46.6. The third kappa shape index (κ3) is 77.7. The summed E-state index contributed by atoms with van der Waals surface area (Å²) < 4.78 is 68.9. The highest BCUT2D eigenvalue weighted by Gasteiger charge is 2.30. The monoisotopic (exact) mass is 1520 g/mol. The Labute approximate surface area is 637 Å². The number of phosphoric ester groups is 2. The molecule has 0 saturated heterocycles. The Kier molecular flexibility index (Phi) is 76.8. The molecule has 0 radical (unpaired) electrons. The van der Waals surface area contributed by atoms with Gasteiger partial charge in [0.05, 0.1) is 26.4 Å². The van der Waals surface area contributed by atoms with Gasteiger partial charge in [-0.15, -0.1) is 0 Å². The highest BCUT2D eigenvalue weighted by Crippen LogP contribution is 2.45. The zero-order valence-corrected chi connectivity index (χ0v) is 69.3. The second-order valence-corrected chi connectivity index (χ2v) is 32.8. The average molecular weight is 1520 g/mol. The van der Waals surface area contributed by atoms with Crippen molar-refractivity contribution in [2.75, 3.05) is 39.6 Å². The molecule has 3 N–H and O–H groups in total. The zero-order valence-electron chi connectivity index (χ0n) is 67.5. The van der Waals surface area contributed by atoms with Crippen molar-refractivity contribution < 1.29 is 80.2 Å². The van der Waals surface area contributed by atoms with Crippen LogP contribution in [0.4, 0.5) is 0 Å². The summed E-state index contributed by atoms with van der Waals surface area (Å²) in [4.78, 5) is 73.2. The van der Waals surface area contributed by atoms with Crippen molar-refractivity contribution in [3.8, 4) is 0 Å². The molecule has 0 spiro atoms. The van der Waals surface area contributed by atoms with Crippen molar-refractivity contribution in [1.29, 1.82) is 0 Å². The molecule has 0 amide bonds. The van der Waals surface area contributed by atoms with Gasteiger partial charge < -0.3 is 33.8 Å². The third-order valence-electron chi connectivity index (χ3n) is 19.4. The third-order valence-corrected chi connectivity index (χ3v) is 21.3. The maximum atomic E-state index is 13.1. The van der Waals surface area contributed by atoms with Crippen LogP contribution in [0.3, 0.4) is 0 Å². The summed E-state index contributed by atoms with van der Waals surface area (Å²) in [5.74, 6) is -2.13. The van der Waals surface area contributed by atoms with Crippen LogP contribution in [0.5, 0.6) is 0 Å². The van der Waals surface area contributed by atoms with Crippen LogP contribution in [0.15, 0.2) is 24.3 Å². The largest absolute Gasteiger partial charge is 0.472 e. The van der Waals surface area contributed by atoms with Crippen molar-refractivity contribution in [3.63, 3.8) is 0 Å². The number of aliphatic hydroxyl groups is 1. The predicted molar refractivity (Wildman–Crippen MR) is 428 cm³/mol. The summed E-state index contributed by atoms with van der Waals surface area (Å²) in [6.45, 7) is 5.00. The molecule has 0 rings (SSSR count). The number of hydrogen-bond donors (Lipinski definition) is 3. The molecule has 0 aliphatic heterocycles. The topological polar surface area (TPSA) is 237 Å². The van der Waals surface area contributed by atoms with Crippen molar-refractivity contribution in [2.45, 2.75) is 457 Å². The summed E-state index contributed by atoms with van der Waals surface area (Å²) in [7, 11) is -9.94. The van der Waals surface area contributed by atoms with Crippen molar-refractivity contribution in [1.82, 2.24) is 0 Å². The van der Waals surface area contributed by atoms with E-state index in [0.717, 1.165) is 122 Å². The van der Waals surface area contributed by atoms with E-state index in [9.17, 15) is 43.2 Å². The lowest BCUT2D eigenvalue weighted by molar-refractivity contribution is -0.161. The van der Waals surface area contributed by atoms with Gasteiger partial charge in [-0.25, -0.2) is 9.13 Å². The van der Waals surface area contributed by atoms with Gasteiger partial charge in [-0.3, -0.25) is 37.3 Å². The summed E-state index contributed by atoms with van der Waals surface area (Å²) >= 11 is 0. The van der Waals surface area contributed by atoms with E-state index < -0.39 is 97.5 Å². The summed E-state index contributed by atoms with van der Waals surface area (Å²) in [5, 5.41) is 10.7. The van der Waals surface area contributed by atoms with Crippen LogP contribution < -0.4 is 0 Å². The van der Waals surface area contributed by atoms with Crippen LogP contribution in [0, 0.1) is 0 Å². The van der Waals surface area contributed by atoms with Gasteiger partial charge in [0.15, 0.2) is 12.2 Å².